The minimum Gasteiger partial charge on any atom is -0.464 e. The van der Waals surface area contributed by atoms with Crippen LogP contribution in [-0.4, -0.2) is 16.8 Å². The Bertz CT molecular complexity index is 629. The number of anilines is 1. The van der Waals surface area contributed by atoms with Crippen LogP contribution in [0.3, 0.4) is 0 Å². The van der Waals surface area contributed by atoms with Crippen LogP contribution in [0.1, 0.15) is 34.7 Å². The number of rotatable bonds is 4. The van der Waals surface area contributed by atoms with Crippen LogP contribution in [0, 0.1) is 6.92 Å². The van der Waals surface area contributed by atoms with E-state index in [0.29, 0.717) is 23.8 Å². The van der Waals surface area contributed by atoms with Gasteiger partial charge in [-0.2, -0.15) is 0 Å². The molecule has 2 N–H and O–H groups in total. The molecule has 0 atom stereocenters. The van der Waals surface area contributed by atoms with Gasteiger partial charge in [0.05, 0.1) is 12.1 Å². The summed E-state index contributed by atoms with van der Waals surface area (Å²) in [6, 6.07) is 11.4. The van der Waals surface area contributed by atoms with Gasteiger partial charge < -0.3 is 15.1 Å². The number of benzene rings is 1. The quantitative estimate of drug-likeness (QED) is 0.869. The minimum absolute atomic E-state index is 0.0142. The molecule has 20 heavy (non-hydrogen) atoms. The number of nitrogens with two attached hydrogens (primary N) is 1. The zero-order chi connectivity index (χ0) is 14.1. The molecule has 1 aliphatic rings. The number of hydrogen-bond acceptors (Lipinski definition) is 3. The van der Waals surface area contributed by atoms with Crippen molar-refractivity contribution >= 4 is 11.6 Å². The molecule has 0 saturated heterocycles. The highest BCUT2D eigenvalue weighted by molar-refractivity contribution is 5.99. The number of nitrogen functional groups attached to an aromatic ring is 1. The first kappa shape index (κ1) is 12.8. The van der Waals surface area contributed by atoms with Crippen molar-refractivity contribution < 1.29 is 9.21 Å². The molecule has 0 aliphatic heterocycles. The highest BCUT2D eigenvalue weighted by atomic mass is 16.3. The predicted octanol–water partition coefficient (Wildman–Crippen LogP) is 2.98. The molecule has 0 spiro atoms. The Balaban J connectivity index is 1.84. The first-order valence-electron chi connectivity index (χ1n) is 6.86. The van der Waals surface area contributed by atoms with Crippen LogP contribution in [-0.2, 0) is 6.54 Å². The Kier molecular flexibility index (Phi) is 3.22. The molecular weight excluding hydrogens is 252 g/mol. The summed E-state index contributed by atoms with van der Waals surface area (Å²) in [5, 5.41) is 0. The summed E-state index contributed by atoms with van der Waals surface area (Å²) in [5.41, 5.74) is 7.00. The van der Waals surface area contributed by atoms with Crippen LogP contribution in [0.15, 0.2) is 40.8 Å². The van der Waals surface area contributed by atoms with Crippen LogP contribution in [0.4, 0.5) is 5.69 Å². The maximum absolute atomic E-state index is 12.7. The van der Waals surface area contributed by atoms with Gasteiger partial charge in [-0.15, -0.1) is 0 Å². The van der Waals surface area contributed by atoms with Crippen molar-refractivity contribution in [3.63, 3.8) is 0 Å². The molecule has 1 amide bonds. The Hall–Kier alpha value is -2.23. The molecule has 1 aliphatic carbocycles. The zero-order valence-corrected chi connectivity index (χ0v) is 11.5. The van der Waals surface area contributed by atoms with Crippen LogP contribution < -0.4 is 5.73 Å². The largest absolute Gasteiger partial charge is 0.464 e. The summed E-state index contributed by atoms with van der Waals surface area (Å²) in [5.74, 6) is 1.67. The van der Waals surface area contributed by atoms with Gasteiger partial charge in [-0.3, -0.25) is 4.79 Å². The van der Waals surface area contributed by atoms with Crippen molar-refractivity contribution in [3.8, 4) is 0 Å². The van der Waals surface area contributed by atoms with Crippen molar-refractivity contribution in [2.24, 2.45) is 0 Å². The number of amides is 1. The van der Waals surface area contributed by atoms with E-state index in [0.717, 1.165) is 24.4 Å². The van der Waals surface area contributed by atoms with E-state index in [9.17, 15) is 4.79 Å². The smallest absolute Gasteiger partial charge is 0.256 e. The number of carbonyl (C=O) groups excluding carboxylic acids is 1. The number of hydrogen-bond donors (Lipinski definition) is 1. The fraction of sp³-hybridized carbons (Fsp3) is 0.312. The Labute approximate surface area is 118 Å². The first-order valence-corrected chi connectivity index (χ1v) is 6.86. The third-order valence-corrected chi connectivity index (χ3v) is 3.56. The van der Waals surface area contributed by atoms with Crippen molar-refractivity contribution in [2.45, 2.75) is 32.4 Å². The molecular formula is C16H18N2O2. The lowest BCUT2D eigenvalue weighted by atomic mass is 10.1. The van der Waals surface area contributed by atoms with E-state index in [2.05, 4.69) is 0 Å². The molecule has 0 radical (unpaired) electrons. The average Bonchev–Trinajstić information content (AvgIpc) is 3.19. The number of carbonyl (C=O) groups is 1. The fourth-order valence-corrected chi connectivity index (χ4v) is 2.34. The number of para-hydroxylation sites is 1. The fourth-order valence-electron chi connectivity index (χ4n) is 2.34. The van der Waals surface area contributed by atoms with E-state index >= 15 is 0 Å². The summed E-state index contributed by atoms with van der Waals surface area (Å²) < 4.78 is 5.58. The van der Waals surface area contributed by atoms with Crippen LogP contribution in [0.2, 0.25) is 0 Å². The number of furan rings is 1. The van der Waals surface area contributed by atoms with E-state index < -0.39 is 0 Å². The molecule has 1 aromatic heterocycles. The van der Waals surface area contributed by atoms with E-state index in [1.54, 1.807) is 12.1 Å². The molecule has 0 unspecified atom stereocenters. The molecule has 3 rings (SSSR count). The molecule has 1 aromatic carbocycles. The SMILES string of the molecule is Cc1ccc(CN(C(=O)c2ccccc2N)C2CC2)o1. The van der Waals surface area contributed by atoms with Crippen LogP contribution in [0.5, 0.6) is 0 Å². The van der Waals surface area contributed by atoms with Crippen molar-refractivity contribution in [1.82, 2.24) is 4.90 Å². The van der Waals surface area contributed by atoms with E-state index in [-0.39, 0.29) is 5.91 Å². The third-order valence-electron chi connectivity index (χ3n) is 3.56. The summed E-state index contributed by atoms with van der Waals surface area (Å²) in [4.78, 5) is 14.5. The second-order valence-electron chi connectivity index (χ2n) is 5.26. The lowest BCUT2D eigenvalue weighted by Gasteiger charge is -2.22. The lowest BCUT2D eigenvalue weighted by Crippen LogP contribution is -2.33. The second kappa shape index (κ2) is 5.04. The molecule has 1 heterocycles. The van der Waals surface area contributed by atoms with Crippen LogP contribution in [0.25, 0.3) is 0 Å². The van der Waals surface area contributed by atoms with E-state index in [4.69, 9.17) is 10.2 Å². The standard InChI is InChI=1S/C16H18N2O2/c1-11-6-9-13(20-11)10-18(12-7-8-12)16(19)14-4-2-3-5-15(14)17/h2-6,9,12H,7-8,10,17H2,1H3. The minimum atomic E-state index is -0.0142. The van der Waals surface area contributed by atoms with Gasteiger partial charge in [-0.05, 0) is 44.0 Å². The lowest BCUT2D eigenvalue weighted by molar-refractivity contribution is 0.0718. The van der Waals surface area contributed by atoms with Gasteiger partial charge in [0.1, 0.15) is 11.5 Å². The summed E-state index contributed by atoms with van der Waals surface area (Å²) in [7, 11) is 0. The van der Waals surface area contributed by atoms with Gasteiger partial charge in [0.25, 0.3) is 5.91 Å². The van der Waals surface area contributed by atoms with E-state index in [1.165, 1.54) is 0 Å². The Morgan fingerprint density at radius 3 is 2.65 bits per heavy atom. The highest BCUT2D eigenvalue weighted by Gasteiger charge is 2.34. The zero-order valence-electron chi connectivity index (χ0n) is 11.5. The molecule has 0 bridgehead atoms. The first-order chi connectivity index (χ1) is 9.65. The molecule has 2 aromatic rings. The highest BCUT2D eigenvalue weighted by Crippen LogP contribution is 2.31. The van der Waals surface area contributed by atoms with Gasteiger partial charge >= 0.3 is 0 Å². The monoisotopic (exact) mass is 270 g/mol. The molecule has 4 nitrogen and oxygen atoms in total. The topological polar surface area (TPSA) is 59.5 Å². The van der Waals surface area contributed by atoms with Gasteiger partial charge in [0.15, 0.2) is 0 Å². The number of aryl methyl sites for hydroxylation is 1. The van der Waals surface area contributed by atoms with Crippen molar-refractivity contribution in [1.29, 1.82) is 0 Å². The summed E-state index contributed by atoms with van der Waals surface area (Å²) >= 11 is 0. The Morgan fingerprint density at radius 1 is 1.30 bits per heavy atom. The maximum Gasteiger partial charge on any atom is 0.256 e. The average molecular weight is 270 g/mol. The Morgan fingerprint density at radius 2 is 2.05 bits per heavy atom. The van der Waals surface area contributed by atoms with E-state index in [1.807, 2.05) is 36.1 Å². The number of nitrogens with zero attached hydrogens (tertiary/aromatic N) is 1. The maximum atomic E-state index is 12.7. The van der Waals surface area contributed by atoms with Crippen molar-refractivity contribution in [2.75, 3.05) is 5.73 Å². The summed E-state index contributed by atoms with van der Waals surface area (Å²) in [6.45, 7) is 2.41. The third kappa shape index (κ3) is 2.54. The predicted molar refractivity (Wildman–Crippen MR) is 77.2 cm³/mol. The van der Waals surface area contributed by atoms with Crippen molar-refractivity contribution in [3.05, 3.63) is 53.5 Å². The molecule has 1 fully saturated rings. The second-order valence-corrected chi connectivity index (χ2v) is 5.26. The van der Waals surface area contributed by atoms with Gasteiger partial charge in [-0.25, -0.2) is 0 Å². The summed E-state index contributed by atoms with van der Waals surface area (Å²) in [6.07, 6.45) is 2.11. The van der Waals surface area contributed by atoms with Gasteiger partial charge in [-0.1, -0.05) is 12.1 Å². The van der Waals surface area contributed by atoms with Crippen LogP contribution >= 0.6 is 0 Å². The molecule has 104 valence electrons. The normalized spacial score (nSPS) is 14.2. The molecule has 4 heteroatoms. The van der Waals surface area contributed by atoms with Gasteiger partial charge in [0, 0.05) is 11.7 Å². The van der Waals surface area contributed by atoms with Gasteiger partial charge in [0.2, 0.25) is 0 Å². The molecule has 1 saturated carbocycles.